The number of rotatable bonds is 5. The molecule has 27 heavy (non-hydrogen) atoms. The molecule has 0 amide bonds. The van der Waals surface area contributed by atoms with Crippen LogP contribution in [0.4, 0.5) is 15.8 Å². The third-order valence-electron chi connectivity index (χ3n) is 4.64. The maximum atomic E-state index is 13.7. The molecule has 4 rings (SSSR count). The molecule has 0 aliphatic heterocycles. The molecule has 0 aliphatic rings. The Morgan fingerprint density at radius 1 is 0.926 bits per heavy atom. The lowest BCUT2D eigenvalue weighted by Gasteiger charge is -2.10. The van der Waals surface area contributed by atoms with Crippen LogP contribution >= 0.6 is 0 Å². The quantitative estimate of drug-likeness (QED) is 0.453. The lowest BCUT2D eigenvalue weighted by atomic mass is 10.1. The second kappa shape index (κ2) is 7.23. The van der Waals surface area contributed by atoms with Crippen LogP contribution in [0.3, 0.4) is 0 Å². The van der Waals surface area contributed by atoms with Crippen molar-refractivity contribution in [2.45, 2.75) is 26.8 Å². The molecule has 4 heteroatoms. The van der Waals surface area contributed by atoms with Crippen molar-refractivity contribution in [3.05, 3.63) is 78.1 Å². The summed E-state index contributed by atoms with van der Waals surface area (Å²) in [6.07, 6.45) is 0.960. The third-order valence-corrected chi connectivity index (χ3v) is 4.64. The molecule has 1 N–H and O–H groups in total. The van der Waals surface area contributed by atoms with Crippen LogP contribution in [-0.2, 0) is 6.54 Å². The van der Waals surface area contributed by atoms with E-state index in [1.165, 1.54) is 11.6 Å². The fourth-order valence-electron chi connectivity index (χ4n) is 3.27. The summed E-state index contributed by atoms with van der Waals surface area (Å²) in [6, 6.07) is 21.3. The second-order valence-electron chi connectivity index (χ2n) is 6.79. The normalized spacial score (nSPS) is 11.1. The lowest BCUT2D eigenvalue weighted by molar-refractivity contribution is 0.627. The molecule has 0 aliphatic carbocycles. The minimum Gasteiger partial charge on any atom is -0.356 e. The van der Waals surface area contributed by atoms with E-state index in [0.717, 1.165) is 46.8 Å². The number of aryl methyl sites for hydroxylation is 2. The largest absolute Gasteiger partial charge is 0.356 e. The summed E-state index contributed by atoms with van der Waals surface area (Å²) in [4.78, 5) is 4.74. The Morgan fingerprint density at radius 3 is 2.26 bits per heavy atom. The average Bonchev–Trinajstić information content (AvgIpc) is 3.02. The zero-order chi connectivity index (χ0) is 18.8. The predicted octanol–water partition coefficient (Wildman–Crippen LogP) is 6.30. The van der Waals surface area contributed by atoms with Gasteiger partial charge in [0.25, 0.3) is 0 Å². The van der Waals surface area contributed by atoms with E-state index in [2.05, 4.69) is 60.1 Å². The van der Waals surface area contributed by atoms with E-state index in [-0.39, 0.29) is 5.82 Å². The molecular weight excluding hydrogens is 337 g/mol. The summed E-state index contributed by atoms with van der Waals surface area (Å²) in [5.74, 6) is 0.642. The van der Waals surface area contributed by atoms with Gasteiger partial charge in [-0.15, -0.1) is 0 Å². The molecule has 1 heterocycles. The molecule has 0 saturated carbocycles. The Labute approximate surface area is 158 Å². The average molecular weight is 359 g/mol. The number of benzene rings is 3. The summed E-state index contributed by atoms with van der Waals surface area (Å²) < 4.78 is 15.8. The Balaban J connectivity index is 1.67. The zero-order valence-corrected chi connectivity index (χ0v) is 15.5. The fourth-order valence-corrected chi connectivity index (χ4v) is 3.27. The number of nitrogens with zero attached hydrogens (tertiary/aromatic N) is 2. The summed E-state index contributed by atoms with van der Waals surface area (Å²) in [7, 11) is 0. The van der Waals surface area contributed by atoms with Crippen LogP contribution < -0.4 is 5.32 Å². The summed E-state index contributed by atoms with van der Waals surface area (Å²) >= 11 is 0. The highest BCUT2D eigenvalue weighted by molar-refractivity contribution is 5.81. The molecular formula is C23H22FN3. The molecule has 0 unspecified atom stereocenters. The van der Waals surface area contributed by atoms with Gasteiger partial charge in [-0.05, 0) is 67.9 Å². The smallest absolute Gasteiger partial charge is 0.141 e. The van der Waals surface area contributed by atoms with Crippen molar-refractivity contribution in [3.8, 4) is 11.4 Å². The first-order valence-corrected chi connectivity index (χ1v) is 9.24. The van der Waals surface area contributed by atoms with Gasteiger partial charge in [-0.25, -0.2) is 9.37 Å². The summed E-state index contributed by atoms with van der Waals surface area (Å²) in [6.45, 7) is 5.00. The molecule has 0 fully saturated rings. The van der Waals surface area contributed by atoms with Crippen molar-refractivity contribution < 1.29 is 4.39 Å². The van der Waals surface area contributed by atoms with Gasteiger partial charge in [-0.3, -0.25) is 0 Å². The van der Waals surface area contributed by atoms with Crippen LogP contribution in [0.5, 0.6) is 0 Å². The molecule has 1 aromatic heterocycles. The van der Waals surface area contributed by atoms with Crippen molar-refractivity contribution in [3.63, 3.8) is 0 Å². The first-order valence-electron chi connectivity index (χ1n) is 9.24. The lowest BCUT2D eigenvalue weighted by Crippen LogP contribution is -2.00. The SMILES string of the molecule is CCCn1c(-c2ccc(Nc3ccc(C)cc3)cc2)nc2ccc(F)cc21. The molecule has 4 aromatic rings. The zero-order valence-electron chi connectivity index (χ0n) is 15.5. The minimum atomic E-state index is -0.232. The van der Waals surface area contributed by atoms with Gasteiger partial charge in [0.15, 0.2) is 0 Å². The Kier molecular flexibility index (Phi) is 4.63. The van der Waals surface area contributed by atoms with E-state index in [0.29, 0.717) is 0 Å². The predicted molar refractivity (Wildman–Crippen MR) is 110 cm³/mol. The molecule has 0 atom stereocenters. The Morgan fingerprint density at radius 2 is 1.59 bits per heavy atom. The van der Waals surface area contributed by atoms with E-state index >= 15 is 0 Å². The number of anilines is 2. The van der Waals surface area contributed by atoms with Crippen LogP contribution in [0.1, 0.15) is 18.9 Å². The highest BCUT2D eigenvalue weighted by Gasteiger charge is 2.13. The number of hydrogen-bond acceptors (Lipinski definition) is 2. The highest BCUT2D eigenvalue weighted by Crippen LogP contribution is 2.27. The number of halogens is 1. The van der Waals surface area contributed by atoms with Crippen LogP contribution in [0, 0.1) is 12.7 Å². The van der Waals surface area contributed by atoms with E-state index in [1.807, 2.05) is 12.1 Å². The minimum absolute atomic E-state index is 0.232. The number of aromatic nitrogens is 2. The van der Waals surface area contributed by atoms with Crippen molar-refractivity contribution in [2.75, 3.05) is 5.32 Å². The molecule has 0 bridgehead atoms. The summed E-state index contributed by atoms with van der Waals surface area (Å²) in [5.41, 5.74) is 6.00. The first-order chi connectivity index (χ1) is 13.1. The van der Waals surface area contributed by atoms with Crippen molar-refractivity contribution in [2.24, 2.45) is 0 Å². The van der Waals surface area contributed by atoms with Gasteiger partial charge in [0.05, 0.1) is 11.0 Å². The monoisotopic (exact) mass is 359 g/mol. The van der Waals surface area contributed by atoms with E-state index in [9.17, 15) is 4.39 Å². The van der Waals surface area contributed by atoms with Gasteiger partial charge in [0.1, 0.15) is 11.6 Å². The van der Waals surface area contributed by atoms with Crippen molar-refractivity contribution in [1.29, 1.82) is 0 Å². The van der Waals surface area contributed by atoms with E-state index in [4.69, 9.17) is 4.98 Å². The van der Waals surface area contributed by atoms with Crippen molar-refractivity contribution in [1.82, 2.24) is 9.55 Å². The van der Waals surface area contributed by atoms with Gasteiger partial charge < -0.3 is 9.88 Å². The topological polar surface area (TPSA) is 29.9 Å². The van der Waals surface area contributed by atoms with E-state index < -0.39 is 0 Å². The highest BCUT2D eigenvalue weighted by atomic mass is 19.1. The molecule has 0 spiro atoms. The van der Waals surface area contributed by atoms with Crippen LogP contribution in [0.2, 0.25) is 0 Å². The van der Waals surface area contributed by atoms with Gasteiger partial charge >= 0.3 is 0 Å². The van der Waals surface area contributed by atoms with Gasteiger partial charge in [-0.2, -0.15) is 0 Å². The van der Waals surface area contributed by atoms with E-state index in [1.54, 1.807) is 12.1 Å². The first kappa shape index (κ1) is 17.3. The Bertz CT molecular complexity index is 1060. The van der Waals surface area contributed by atoms with Gasteiger partial charge in [0.2, 0.25) is 0 Å². The van der Waals surface area contributed by atoms with Gasteiger partial charge in [0, 0.05) is 23.5 Å². The third kappa shape index (κ3) is 3.56. The number of nitrogens with one attached hydrogen (secondary N) is 1. The molecule has 136 valence electrons. The maximum Gasteiger partial charge on any atom is 0.141 e. The molecule has 3 nitrogen and oxygen atoms in total. The fraction of sp³-hybridized carbons (Fsp3) is 0.174. The second-order valence-corrected chi connectivity index (χ2v) is 6.79. The van der Waals surface area contributed by atoms with Crippen molar-refractivity contribution >= 4 is 22.4 Å². The summed E-state index contributed by atoms with van der Waals surface area (Å²) in [5, 5.41) is 3.41. The van der Waals surface area contributed by atoms with Crippen LogP contribution in [0.25, 0.3) is 22.4 Å². The van der Waals surface area contributed by atoms with Crippen LogP contribution in [-0.4, -0.2) is 9.55 Å². The number of hydrogen-bond donors (Lipinski definition) is 1. The molecule has 3 aromatic carbocycles. The Hall–Kier alpha value is -3.14. The molecule has 0 radical (unpaired) electrons. The standard InChI is InChI=1S/C23H22FN3/c1-3-14-27-22-15-18(24)8-13-21(22)26-23(27)17-6-11-20(12-7-17)25-19-9-4-16(2)5-10-19/h4-13,15,25H,3,14H2,1-2H3. The maximum absolute atomic E-state index is 13.7. The van der Waals surface area contributed by atoms with Gasteiger partial charge in [-0.1, -0.05) is 24.6 Å². The number of fused-ring (bicyclic) bond motifs is 1. The van der Waals surface area contributed by atoms with Crippen LogP contribution in [0.15, 0.2) is 66.7 Å². The number of imidazole rings is 1. The molecule has 0 saturated heterocycles.